The van der Waals surface area contributed by atoms with Crippen LogP contribution in [0.15, 0.2) is 53.4 Å². The van der Waals surface area contributed by atoms with Gasteiger partial charge in [-0.1, -0.05) is 30.3 Å². The minimum absolute atomic E-state index is 0.0272. The third-order valence-electron chi connectivity index (χ3n) is 4.85. The lowest BCUT2D eigenvalue weighted by Gasteiger charge is -2.14. The average Bonchev–Trinajstić information content (AvgIpc) is 3.02. The third kappa shape index (κ3) is 2.63. The van der Waals surface area contributed by atoms with Crippen LogP contribution in [0.2, 0.25) is 0 Å². The topological polar surface area (TPSA) is 83.5 Å². The normalized spacial score (nSPS) is 13.1. The molecule has 0 saturated carbocycles. The first-order valence-corrected chi connectivity index (χ1v) is 9.75. The van der Waals surface area contributed by atoms with E-state index in [0.29, 0.717) is 11.3 Å². The fourth-order valence-electron chi connectivity index (χ4n) is 3.56. The largest absolute Gasteiger partial charge is 0.478 e. The summed E-state index contributed by atoms with van der Waals surface area (Å²) < 4.78 is 28.5. The van der Waals surface area contributed by atoms with Gasteiger partial charge in [-0.2, -0.15) is 0 Å². The summed E-state index contributed by atoms with van der Waals surface area (Å²) in [7, 11) is -3.91. The molecule has 26 heavy (non-hydrogen) atoms. The van der Waals surface area contributed by atoms with E-state index >= 15 is 0 Å². The fraction of sp³-hybridized carbons (Fsp3) is 0.150. The van der Waals surface area contributed by atoms with E-state index in [9.17, 15) is 13.2 Å². The Morgan fingerprint density at radius 2 is 1.77 bits per heavy atom. The summed E-state index contributed by atoms with van der Waals surface area (Å²) in [6.07, 6.45) is 1.92. The molecule has 3 aromatic carbocycles. The molecule has 0 spiro atoms. The summed E-state index contributed by atoms with van der Waals surface area (Å²) in [5, 5.41) is 11.1. The molecular weight excluding hydrogens is 350 g/mol. The summed E-state index contributed by atoms with van der Waals surface area (Å²) >= 11 is 0. The van der Waals surface area contributed by atoms with Gasteiger partial charge >= 0.3 is 5.97 Å². The Bertz CT molecular complexity index is 1160. The number of aromatic carboxylic acids is 1. The van der Waals surface area contributed by atoms with Crippen LogP contribution in [0.5, 0.6) is 0 Å². The van der Waals surface area contributed by atoms with Crippen LogP contribution in [-0.2, 0) is 22.9 Å². The van der Waals surface area contributed by atoms with Crippen LogP contribution in [0, 0.1) is 6.92 Å². The molecule has 0 atom stereocenters. The summed E-state index contributed by atoms with van der Waals surface area (Å²) in [6, 6.07) is 13.7. The lowest BCUT2D eigenvalue weighted by Crippen LogP contribution is -2.15. The smallest absolute Gasteiger partial charge is 0.335 e. The molecule has 0 unspecified atom stereocenters. The van der Waals surface area contributed by atoms with Crippen molar-refractivity contribution in [2.45, 2.75) is 24.7 Å². The predicted molar refractivity (Wildman–Crippen MR) is 100 cm³/mol. The number of aryl methyl sites for hydroxylation is 3. The Hall–Kier alpha value is -2.86. The Balaban J connectivity index is 1.82. The molecule has 0 amide bonds. The van der Waals surface area contributed by atoms with Crippen LogP contribution >= 0.6 is 0 Å². The van der Waals surface area contributed by atoms with E-state index in [-0.39, 0.29) is 10.5 Å². The first-order chi connectivity index (χ1) is 12.4. The molecule has 0 saturated heterocycles. The number of nitrogens with one attached hydrogen (secondary N) is 1. The average molecular weight is 367 g/mol. The van der Waals surface area contributed by atoms with Crippen LogP contribution in [-0.4, -0.2) is 19.5 Å². The molecule has 2 N–H and O–H groups in total. The maximum absolute atomic E-state index is 12.9. The van der Waals surface area contributed by atoms with E-state index in [1.807, 2.05) is 18.2 Å². The van der Waals surface area contributed by atoms with Crippen LogP contribution in [0.1, 0.15) is 27.0 Å². The summed E-state index contributed by atoms with van der Waals surface area (Å²) in [5.74, 6) is -1.16. The maximum Gasteiger partial charge on any atom is 0.335 e. The monoisotopic (exact) mass is 367 g/mol. The van der Waals surface area contributed by atoms with E-state index < -0.39 is 16.0 Å². The molecule has 1 aliphatic rings. The summed E-state index contributed by atoms with van der Waals surface area (Å²) in [4.78, 5) is 11.2. The molecule has 5 nitrogen and oxygen atoms in total. The fourth-order valence-corrected chi connectivity index (χ4v) is 4.91. The number of carboxylic acids is 1. The van der Waals surface area contributed by atoms with E-state index in [2.05, 4.69) is 10.8 Å². The molecule has 132 valence electrons. The van der Waals surface area contributed by atoms with Gasteiger partial charge < -0.3 is 5.11 Å². The van der Waals surface area contributed by atoms with Crippen molar-refractivity contribution >= 4 is 32.5 Å². The summed E-state index contributed by atoms with van der Waals surface area (Å²) in [6.45, 7) is 1.65. The van der Waals surface area contributed by atoms with Crippen molar-refractivity contribution in [1.82, 2.24) is 0 Å². The molecule has 0 bridgehead atoms. The second-order valence-corrected chi connectivity index (χ2v) is 8.15. The van der Waals surface area contributed by atoms with Gasteiger partial charge in [-0.3, -0.25) is 4.72 Å². The highest BCUT2D eigenvalue weighted by atomic mass is 32.2. The minimum Gasteiger partial charge on any atom is -0.478 e. The number of hydrogen-bond donors (Lipinski definition) is 2. The van der Waals surface area contributed by atoms with E-state index in [4.69, 9.17) is 5.11 Å². The van der Waals surface area contributed by atoms with Gasteiger partial charge in [-0.15, -0.1) is 0 Å². The van der Waals surface area contributed by atoms with Gasteiger partial charge in [0.1, 0.15) is 0 Å². The number of carboxylic acid groups (broad SMARTS) is 1. The second kappa shape index (κ2) is 5.85. The Kier molecular flexibility index (Phi) is 3.73. The van der Waals surface area contributed by atoms with Gasteiger partial charge in [0.25, 0.3) is 10.0 Å². The number of rotatable bonds is 4. The molecule has 0 aliphatic heterocycles. The maximum atomic E-state index is 12.9. The zero-order chi connectivity index (χ0) is 18.5. The molecular formula is C20H17NO4S. The molecule has 3 aromatic rings. The lowest BCUT2D eigenvalue weighted by atomic mass is 10.0. The second-order valence-electron chi connectivity index (χ2n) is 6.50. The van der Waals surface area contributed by atoms with Crippen LogP contribution < -0.4 is 4.72 Å². The zero-order valence-electron chi connectivity index (χ0n) is 14.1. The van der Waals surface area contributed by atoms with Crippen molar-refractivity contribution in [2.75, 3.05) is 4.72 Å². The highest BCUT2D eigenvalue weighted by Gasteiger charge is 2.22. The number of sulfonamides is 1. The SMILES string of the molecule is Cc1ccc(C(=O)O)cc1S(=O)(=O)Nc1ccc2c3c(cccc13)CC2. The van der Waals surface area contributed by atoms with Crippen molar-refractivity contribution in [3.8, 4) is 0 Å². The number of anilines is 1. The van der Waals surface area contributed by atoms with Gasteiger partial charge in [0.05, 0.1) is 16.1 Å². The molecule has 0 fully saturated rings. The predicted octanol–water partition coefficient (Wildman–Crippen LogP) is 3.75. The quantitative estimate of drug-likeness (QED) is 0.736. The van der Waals surface area contributed by atoms with Crippen molar-refractivity contribution < 1.29 is 18.3 Å². The Morgan fingerprint density at radius 3 is 2.50 bits per heavy atom. The molecule has 0 aromatic heterocycles. The van der Waals surface area contributed by atoms with Gasteiger partial charge in [-0.25, -0.2) is 13.2 Å². The Morgan fingerprint density at radius 1 is 1.04 bits per heavy atom. The number of carbonyl (C=O) groups is 1. The highest BCUT2D eigenvalue weighted by molar-refractivity contribution is 7.92. The summed E-state index contributed by atoms with van der Waals surface area (Å²) in [5.41, 5.74) is 3.39. The number of hydrogen-bond acceptors (Lipinski definition) is 3. The van der Waals surface area contributed by atoms with Gasteiger partial charge in [0, 0.05) is 5.39 Å². The van der Waals surface area contributed by atoms with E-state index in [0.717, 1.165) is 23.6 Å². The number of benzene rings is 3. The lowest BCUT2D eigenvalue weighted by molar-refractivity contribution is 0.0696. The molecule has 4 rings (SSSR count). The highest BCUT2D eigenvalue weighted by Crippen LogP contribution is 2.36. The van der Waals surface area contributed by atoms with E-state index in [1.165, 1.54) is 29.3 Å². The zero-order valence-corrected chi connectivity index (χ0v) is 14.9. The van der Waals surface area contributed by atoms with Crippen molar-refractivity contribution in [3.63, 3.8) is 0 Å². The van der Waals surface area contributed by atoms with E-state index in [1.54, 1.807) is 13.0 Å². The Labute approximate surface area is 151 Å². The molecule has 0 heterocycles. The molecule has 6 heteroatoms. The third-order valence-corrected chi connectivity index (χ3v) is 6.35. The van der Waals surface area contributed by atoms with Gasteiger partial charge in [-0.05, 0) is 60.0 Å². The van der Waals surface area contributed by atoms with Gasteiger partial charge in [0.2, 0.25) is 0 Å². The van der Waals surface area contributed by atoms with Crippen molar-refractivity contribution in [1.29, 1.82) is 0 Å². The van der Waals surface area contributed by atoms with Crippen LogP contribution in [0.25, 0.3) is 10.8 Å². The first kappa shape index (κ1) is 16.6. The van der Waals surface area contributed by atoms with Crippen molar-refractivity contribution in [3.05, 3.63) is 70.8 Å². The van der Waals surface area contributed by atoms with Crippen molar-refractivity contribution in [2.24, 2.45) is 0 Å². The minimum atomic E-state index is -3.91. The first-order valence-electron chi connectivity index (χ1n) is 8.27. The molecule has 0 radical (unpaired) electrons. The standard InChI is InChI=1S/C20H17NO4S/c1-12-5-6-15(20(22)23)11-18(12)26(24,25)21-17-10-9-14-8-7-13-3-2-4-16(17)19(13)14/h2-6,9-11,21H,7-8H2,1H3,(H,22,23). The van der Waals surface area contributed by atoms with Crippen LogP contribution in [0.4, 0.5) is 5.69 Å². The van der Waals surface area contributed by atoms with Crippen LogP contribution in [0.3, 0.4) is 0 Å². The molecule has 1 aliphatic carbocycles. The van der Waals surface area contributed by atoms with Gasteiger partial charge in [0.15, 0.2) is 0 Å².